The van der Waals surface area contributed by atoms with Gasteiger partial charge in [0.15, 0.2) is 0 Å². The minimum absolute atomic E-state index is 0.840. The van der Waals surface area contributed by atoms with Crippen LogP contribution in [0.1, 0.15) is 19.4 Å². The largest absolute Gasteiger partial charge is 0.387 e. The van der Waals surface area contributed by atoms with E-state index < -0.39 is 0 Å². The Morgan fingerprint density at radius 2 is 1.67 bits per heavy atom. The van der Waals surface area contributed by atoms with Gasteiger partial charge in [-0.2, -0.15) is 0 Å². The Morgan fingerprint density at radius 1 is 1.00 bits per heavy atom. The van der Waals surface area contributed by atoms with Crippen LogP contribution in [0.15, 0.2) is 60.0 Å². The second kappa shape index (κ2) is 9.93. The molecule has 2 aromatic carbocycles. The maximum Gasteiger partial charge on any atom is 0.0652 e. The van der Waals surface area contributed by atoms with Crippen molar-refractivity contribution in [2.24, 2.45) is 0 Å². The van der Waals surface area contributed by atoms with E-state index in [9.17, 15) is 0 Å². The maximum absolute atomic E-state index is 3.40. The zero-order chi connectivity index (χ0) is 17.2. The van der Waals surface area contributed by atoms with Gasteiger partial charge in [-0.1, -0.05) is 30.3 Å². The van der Waals surface area contributed by atoms with Gasteiger partial charge in [-0.3, -0.25) is 0 Å². The van der Waals surface area contributed by atoms with E-state index >= 15 is 0 Å². The molecule has 0 atom stereocenters. The van der Waals surface area contributed by atoms with Gasteiger partial charge in [0.25, 0.3) is 0 Å². The normalized spacial score (nSPS) is 11.2. The minimum Gasteiger partial charge on any atom is -0.387 e. The summed E-state index contributed by atoms with van der Waals surface area (Å²) in [6, 6.07) is 19.0. The first-order chi connectivity index (χ1) is 11.8. The molecule has 0 fully saturated rings. The average molecular weight is 342 g/mol. The summed E-state index contributed by atoms with van der Waals surface area (Å²) in [5.74, 6) is 0.840. The van der Waals surface area contributed by atoms with Crippen LogP contribution in [-0.2, 0) is 0 Å². The van der Waals surface area contributed by atoms with Crippen molar-refractivity contribution in [2.45, 2.75) is 13.8 Å². The molecule has 0 aliphatic rings. The Hall–Kier alpha value is -2.07. The van der Waals surface area contributed by atoms with Crippen molar-refractivity contribution in [1.29, 1.82) is 0 Å². The van der Waals surface area contributed by atoms with Gasteiger partial charge in [0.2, 0.25) is 0 Å². The Kier molecular flexibility index (Phi) is 7.56. The summed E-state index contributed by atoms with van der Waals surface area (Å²) in [6.07, 6.45) is 0. The number of hydrogen-bond acceptors (Lipinski definition) is 4. The number of anilines is 2. The predicted molar refractivity (Wildman–Crippen MR) is 110 cm³/mol. The van der Waals surface area contributed by atoms with E-state index in [0.717, 1.165) is 30.4 Å². The molecule has 128 valence electrons. The van der Waals surface area contributed by atoms with Gasteiger partial charge in [0.05, 0.1) is 5.88 Å². The van der Waals surface area contributed by atoms with Crippen LogP contribution in [0.25, 0.3) is 5.70 Å². The molecular formula is C20H27N3S. The lowest BCUT2D eigenvalue weighted by Gasteiger charge is -2.21. The highest BCUT2D eigenvalue weighted by Crippen LogP contribution is 2.21. The van der Waals surface area contributed by atoms with Crippen molar-refractivity contribution in [3.8, 4) is 0 Å². The third-order valence-corrected chi connectivity index (χ3v) is 4.62. The van der Waals surface area contributed by atoms with Crippen LogP contribution in [0, 0.1) is 0 Å². The molecule has 0 heterocycles. The van der Waals surface area contributed by atoms with E-state index in [1.807, 2.05) is 25.2 Å². The lowest BCUT2D eigenvalue weighted by atomic mass is 10.1. The topological polar surface area (TPSA) is 27.3 Å². The molecule has 0 bridgehead atoms. The van der Waals surface area contributed by atoms with Gasteiger partial charge in [0.1, 0.15) is 0 Å². The van der Waals surface area contributed by atoms with Crippen molar-refractivity contribution in [2.75, 3.05) is 36.2 Å². The van der Waals surface area contributed by atoms with E-state index in [2.05, 4.69) is 71.2 Å². The van der Waals surface area contributed by atoms with Crippen molar-refractivity contribution in [3.05, 3.63) is 65.6 Å². The number of para-hydroxylation sites is 1. The summed E-state index contributed by atoms with van der Waals surface area (Å²) >= 11 is 1.75. The van der Waals surface area contributed by atoms with Crippen LogP contribution < -0.4 is 15.5 Å². The van der Waals surface area contributed by atoms with Crippen LogP contribution in [0.5, 0.6) is 0 Å². The summed E-state index contributed by atoms with van der Waals surface area (Å²) in [7, 11) is 1.97. The van der Waals surface area contributed by atoms with Gasteiger partial charge in [-0.25, -0.2) is 0 Å². The van der Waals surface area contributed by atoms with Crippen molar-refractivity contribution in [1.82, 2.24) is 5.32 Å². The minimum atomic E-state index is 0.840. The van der Waals surface area contributed by atoms with E-state index in [1.165, 1.54) is 11.3 Å². The van der Waals surface area contributed by atoms with Gasteiger partial charge >= 0.3 is 0 Å². The van der Waals surface area contributed by atoms with E-state index in [4.69, 9.17) is 0 Å². The Labute approximate surface area is 150 Å². The quantitative estimate of drug-likeness (QED) is 0.503. The SMILES string of the molecule is CCN(CC)c1ccc(/C(=C/SCNc2ccccc2)NC)cc1. The van der Waals surface area contributed by atoms with Crippen LogP contribution in [0.2, 0.25) is 0 Å². The van der Waals surface area contributed by atoms with Crippen LogP contribution in [0.3, 0.4) is 0 Å². The number of hydrogen-bond donors (Lipinski definition) is 2. The molecule has 0 spiro atoms. The van der Waals surface area contributed by atoms with Crippen LogP contribution in [-0.4, -0.2) is 26.0 Å². The highest BCUT2D eigenvalue weighted by atomic mass is 32.2. The molecule has 0 aliphatic heterocycles. The Bertz CT molecular complexity index is 619. The van der Waals surface area contributed by atoms with Crippen LogP contribution in [0.4, 0.5) is 11.4 Å². The maximum atomic E-state index is 3.40. The van der Waals surface area contributed by atoms with Crippen molar-refractivity contribution < 1.29 is 0 Å². The summed E-state index contributed by atoms with van der Waals surface area (Å²) in [6.45, 7) is 6.44. The predicted octanol–water partition coefficient (Wildman–Crippen LogP) is 4.85. The smallest absolute Gasteiger partial charge is 0.0652 e. The number of benzene rings is 2. The fraction of sp³-hybridized carbons (Fsp3) is 0.300. The first-order valence-electron chi connectivity index (χ1n) is 8.42. The molecule has 0 unspecified atom stereocenters. The summed E-state index contributed by atoms with van der Waals surface area (Å²) in [4.78, 5) is 2.35. The van der Waals surface area contributed by atoms with Crippen molar-refractivity contribution in [3.63, 3.8) is 0 Å². The fourth-order valence-corrected chi connectivity index (χ4v) is 3.27. The zero-order valence-corrected chi connectivity index (χ0v) is 15.6. The van der Waals surface area contributed by atoms with E-state index in [1.54, 1.807) is 11.8 Å². The fourth-order valence-electron chi connectivity index (χ4n) is 2.52. The Balaban J connectivity index is 1.94. The molecule has 0 amide bonds. The molecule has 2 rings (SSSR count). The number of thioether (sulfide) groups is 1. The highest BCUT2D eigenvalue weighted by molar-refractivity contribution is 8.02. The second-order valence-electron chi connectivity index (χ2n) is 5.35. The third-order valence-electron chi connectivity index (χ3n) is 3.91. The molecule has 0 aromatic heterocycles. The summed E-state index contributed by atoms with van der Waals surface area (Å²) in [5.41, 5.74) is 4.77. The van der Waals surface area contributed by atoms with Crippen LogP contribution >= 0.6 is 11.8 Å². The zero-order valence-electron chi connectivity index (χ0n) is 14.8. The number of rotatable bonds is 9. The molecule has 24 heavy (non-hydrogen) atoms. The van der Waals surface area contributed by atoms with E-state index in [0.29, 0.717) is 0 Å². The molecule has 0 saturated heterocycles. The lowest BCUT2D eigenvalue weighted by molar-refractivity contribution is 0.866. The average Bonchev–Trinajstić information content (AvgIpc) is 2.64. The summed E-state index contributed by atoms with van der Waals surface area (Å²) < 4.78 is 0. The van der Waals surface area contributed by atoms with E-state index in [-0.39, 0.29) is 0 Å². The lowest BCUT2D eigenvalue weighted by Crippen LogP contribution is -2.21. The molecule has 2 N–H and O–H groups in total. The van der Waals surface area contributed by atoms with Crippen molar-refractivity contribution >= 4 is 28.8 Å². The number of nitrogens with zero attached hydrogens (tertiary/aromatic N) is 1. The third kappa shape index (κ3) is 5.24. The molecule has 0 radical (unpaired) electrons. The molecule has 4 heteroatoms. The standard InChI is InChI=1S/C20H27N3S/c1-4-23(5-2)19-13-11-17(12-14-19)20(21-3)15-24-16-22-18-9-7-6-8-10-18/h6-15,21-22H,4-5,16H2,1-3H3/b20-15-. The molecular weight excluding hydrogens is 314 g/mol. The van der Waals surface area contributed by atoms with Gasteiger partial charge < -0.3 is 15.5 Å². The second-order valence-corrected chi connectivity index (χ2v) is 6.21. The van der Waals surface area contributed by atoms with Gasteiger partial charge in [0, 0.05) is 37.2 Å². The monoisotopic (exact) mass is 341 g/mol. The first kappa shape index (κ1) is 18.3. The highest BCUT2D eigenvalue weighted by Gasteiger charge is 2.03. The molecule has 0 aliphatic carbocycles. The summed E-state index contributed by atoms with van der Waals surface area (Å²) in [5, 5.41) is 8.86. The first-order valence-corrected chi connectivity index (χ1v) is 9.47. The van der Waals surface area contributed by atoms with Gasteiger partial charge in [-0.15, -0.1) is 11.8 Å². The molecule has 0 saturated carbocycles. The Morgan fingerprint density at radius 3 is 2.25 bits per heavy atom. The molecule has 3 nitrogen and oxygen atoms in total. The van der Waals surface area contributed by atoms with Gasteiger partial charge in [-0.05, 0) is 49.1 Å². The molecule has 2 aromatic rings. The number of nitrogens with one attached hydrogen (secondary N) is 2.